The van der Waals surface area contributed by atoms with Crippen molar-refractivity contribution in [3.63, 3.8) is 0 Å². The van der Waals surface area contributed by atoms with Gasteiger partial charge in [0.25, 0.3) is 5.91 Å². The maximum atomic E-state index is 11.4. The van der Waals surface area contributed by atoms with Crippen LogP contribution < -0.4 is 5.32 Å². The van der Waals surface area contributed by atoms with E-state index in [2.05, 4.69) is 21.2 Å². The quantitative estimate of drug-likeness (QED) is 0.806. The van der Waals surface area contributed by atoms with Crippen LogP contribution in [0.1, 0.15) is 12.5 Å². The van der Waals surface area contributed by atoms with Gasteiger partial charge in [0.05, 0.1) is 4.48 Å². The number of hydrogen-bond acceptors (Lipinski definition) is 1. The Morgan fingerprint density at radius 3 is 2.43 bits per heavy atom. The zero-order chi connectivity index (χ0) is 10.6. The van der Waals surface area contributed by atoms with Crippen molar-refractivity contribution in [1.82, 2.24) is 0 Å². The van der Waals surface area contributed by atoms with Crippen LogP contribution in [-0.2, 0) is 4.79 Å². The molecule has 0 aliphatic rings. The molecule has 74 valence electrons. The summed E-state index contributed by atoms with van der Waals surface area (Å²) in [4.78, 5) is 11.4. The second kappa shape index (κ2) is 4.96. The lowest BCUT2D eigenvalue weighted by Crippen LogP contribution is -2.10. The lowest BCUT2D eigenvalue weighted by Gasteiger charge is -2.03. The summed E-state index contributed by atoms with van der Waals surface area (Å²) in [6.07, 6.45) is 1.71. The fraction of sp³-hybridized carbons (Fsp3) is 0.182. The molecule has 0 saturated carbocycles. The van der Waals surface area contributed by atoms with E-state index in [0.29, 0.717) is 4.48 Å². The highest BCUT2D eigenvalue weighted by Crippen LogP contribution is 2.12. The fourth-order valence-corrected chi connectivity index (χ4v) is 1.06. The van der Waals surface area contributed by atoms with E-state index in [1.807, 2.05) is 31.2 Å². The molecule has 1 aromatic rings. The van der Waals surface area contributed by atoms with Crippen LogP contribution in [0.25, 0.3) is 0 Å². The van der Waals surface area contributed by atoms with Crippen LogP contribution in [0.4, 0.5) is 5.69 Å². The predicted octanol–water partition coefficient (Wildman–Crippen LogP) is 3.23. The van der Waals surface area contributed by atoms with Gasteiger partial charge in [0.15, 0.2) is 0 Å². The second-order valence-electron chi connectivity index (χ2n) is 2.96. The Labute approximate surface area is 92.1 Å². The largest absolute Gasteiger partial charge is 0.322 e. The molecule has 1 rings (SSSR count). The van der Waals surface area contributed by atoms with Gasteiger partial charge < -0.3 is 5.32 Å². The molecular formula is C11H12BrNO. The Bertz CT molecular complexity index is 354. The molecule has 0 saturated heterocycles. The topological polar surface area (TPSA) is 29.1 Å². The molecule has 0 aromatic heterocycles. The summed E-state index contributed by atoms with van der Waals surface area (Å²) in [7, 11) is 0. The highest BCUT2D eigenvalue weighted by atomic mass is 79.9. The smallest absolute Gasteiger partial charge is 0.262 e. The monoisotopic (exact) mass is 253 g/mol. The van der Waals surface area contributed by atoms with Gasteiger partial charge in [0.2, 0.25) is 0 Å². The summed E-state index contributed by atoms with van der Waals surface area (Å²) in [5.41, 5.74) is 1.98. The second-order valence-corrected chi connectivity index (χ2v) is 3.81. The standard InChI is InChI=1S/C11H12BrNO/c1-3-10(12)11(14)13-9-6-4-8(2)5-7-9/h3-7H,1-2H3,(H,13,14)/b10-3-. The average Bonchev–Trinajstić information content (AvgIpc) is 2.20. The van der Waals surface area contributed by atoms with E-state index in [1.165, 1.54) is 5.56 Å². The number of carbonyl (C=O) groups is 1. The number of amides is 1. The van der Waals surface area contributed by atoms with E-state index in [4.69, 9.17) is 0 Å². The molecule has 0 aliphatic carbocycles. The minimum Gasteiger partial charge on any atom is -0.322 e. The van der Waals surface area contributed by atoms with Crippen LogP contribution in [0, 0.1) is 6.92 Å². The van der Waals surface area contributed by atoms with E-state index >= 15 is 0 Å². The number of benzene rings is 1. The summed E-state index contributed by atoms with van der Waals surface area (Å²) < 4.78 is 0.540. The first-order valence-electron chi connectivity index (χ1n) is 4.33. The summed E-state index contributed by atoms with van der Waals surface area (Å²) >= 11 is 3.16. The highest BCUT2D eigenvalue weighted by Gasteiger charge is 2.04. The normalized spacial score (nSPS) is 11.2. The van der Waals surface area contributed by atoms with Crippen molar-refractivity contribution >= 4 is 27.5 Å². The number of carbonyl (C=O) groups excluding carboxylic acids is 1. The van der Waals surface area contributed by atoms with Crippen molar-refractivity contribution in [2.45, 2.75) is 13.8 Å². The van der Waals surface area contributed by atoms with E-state index in [-0.39, 0.29) is 5.91 Å². The van der Waals surface area contributed by atoms with Crippen LogP contribution in [0.2, 0.25) is 0 Å². The van der Waals surface area contributed by atoms with Crippen LogP contribution in [0.15, 0.2) is 34.8 Å². The molecule has 0 atom stereocenters. The zero-order valence-corrected chi connectivity index (χ0v) is 9.76. The number of nitrogens with one attached hydrogen (secondary N) is 1. The number of hydrogen-bond donors (Lipinski definition) is 1. The van der Waals surface area contributed by atoms with Gasteiger partial charge in [-0.1, -0.05) is 23.8 Å². The maximum absolute atomic E-state index is 11.4. The molecule has 2 nitrogen and oxygen atoms in total. The molecular weight excluding hydrogens is 242 g/mol. The van der Waals surface area contributed by atoms with Gasteiger partial charge in [-0.3, -0.25) is 4.79 Å². The van der Waals surface area contributed by atoms with Crippen molar-refractivity contribution < 1.29 is 4.79 Å². The minimum atomic E-state index is -0.128. The van der Waals surface area contributed by atoms with Gasteiger partial charge in [-0.2, -0.15) is 0 Å². The van der Waals surface area contributed by atoms with Crippen molar-refractivity contribution in [3.05, 3.63) is 40.4 Å². The summed E-state index contributed by atoms with van der Waals surface area (Å²) in [5.74, 6) is -0.128. The molecule has 0 bridgehead atoms. The molecule has 0 heterocycles. The minimum absolute atomic E-state index is 0.128. The summed E-state index contributed by atoms with van der Waals surface area (Å²) in [6, 6.07) is 7.67. The molecule has 1 amide bonds. The van der Waals surface area contributed by atoms with Gasteiger partial charge in [-0.05, 0) is 41.9 Å². The molecule has 3 heteroatoms. The van der Waals surface area contributed by atoms with E-state index < -0.39 is 0 Å². The first kappa shape index (κ1) is 11.0. The highest BCUT2D eigenvalue weighted by molar-refractivity contribution is 9.12. The number of allylic oxidation sites excluding steroid dienone is 1. The Balaban J connectivity index is 2.70. The lowest BCUT2D eigenvalue weighted by molar-refractivity contribution is -0.112. The first-order valence-corrected chi connectivity index (χ1v) is 5.12. The number of halogens is 1. The van der Waals surface area contributed by atoms with Gasteiger partial charge in [0.1, 0.15) is 0 Å². The van der Waals surface area contributed by atoms with Gasteiger partial charge in [0, 0.05) is 5.69 Å². The maximum Gasteiger partial charge on any atom is 0.262 e. The molecule has 0 spiro atoms. The lowest BCUT2D eigenvalue weighted by atomic mass is 10.2. The Morgan fingerprint density at radius 2 is 1.93 bits per heavy atom. The van der Waals surface area contributed by atoms with E-state index in [1.54, 1.807) is 13.0 Å². The third-order valence-electron chi connectivity index (χ3n) is 1.78. The van der Waals surface area contributed by atoms with Crippen molar-refractivity contribution in [2.24, 2.45) is 0 Å². The third kappa shape index (κ3) is 3.00. The zero-order valence-electron chi connectivity index (χ0n) is 8.17. The van der Waals surface area contributed by atoms with Crippen LogP contribution in [0.3, 0.4) is 0 Å². The Hall–Kier alpha value is -1.09. The van der Waals surface area contributed by atoms with Gasteiger partial charge >= 0.3 is 0 Å². The average molecular weight is 254 g/mol. The molecule has 1 N–H and O–H groups in total. The van der Waals surface area contributed by atoms with Gasteiger partial charge in [-0.25, -0.2) is 0 Å². The summed E-state index contributed by atoms with van der Waals surface area (Å²) in [6.45, 7) is 3.81. The number of aryl methyl sites for hydroxylation is 1. The molecule has 0 aliphatic heterocycles. The van der Waals surface area contributed by atoms with E-state index in [9.17, 15) is 4.79 Å². The molecule has 0 radical (unpaired) electrons. The fourth-order valence-electron chi connectivity index (χ4n) is 0.959. The molecule has 0 fully saturated rings. The number of rotatable bonds is 2. The molecule has 1 aromatic carbocycles. The van der Waals surface area contributed by atoms with Crippen LogP contribution in [-0.4, -0.2) is 5.91 Å². The third-order valence-corrected chi connectivity index (χ3v) is 2.60. The van der Waals surface area contributed by atoms with Crippen molar-refractivity contribution in [3.8, 4) is 0 Å². The van der Waals surface area contributed by atoms with Gasteiger partial charge in [-0.15, -0.1) is 0 Å². The summed E-state index contributed by atoms with van der Waals surface area (Å²) in [5, 5.41) is 2.77. The number of anilines is 1. The Kier molecular flexibility index (Phi) is 3.89. The van der Waals surface area contributed by atoms with E-state index in [0.717, 1.165) is 5.69 Å². The van der Waals surface area contributed by atoms with Crippen LogP contribution >= 0.6 is 15.9 Å². The Morgan fingerprint density at radius 1 is 1.36 bits per heavy atom. The van der Waals surface area contributed by atoms with Crippen molar-refractivity contribution in [2.75, 3.05) is 5.32 Å². The predicted molar refractivity (Wildman–Crippen MR) is 62.5 cm³/mol. The molecule has 0 unspecified atom stereocenters. The first-order chi connectivity index (χ1) is 6.63. The van der Waals surface area contributed by atoms with Crippen molar-refractivity contribution in [1.29, 1.82) is 0 Å². The SMILES string of the molecule is C/C=C(\Br)C(=O)Nc1ccc(C)cc1. The molecule has 14 heavy (non-hydrogen) atoms. The van der Waals surface area contributed by atoms with Crippen LogP contribution in [0.5, 0.6) is 0 Å².